The molecule has 8 heteroatoms. The molecule has 0 bridgehead atoms. The number of carbonyl (C=O) groups excluding carboxylic acids is 1. The maximum atomic E-state index is 13.4. The molecule has 1 amide bonds. The average molecular weight is 384 g/mol. The third-order valence-corrected chi connectivity index (χ3v) is 3.88. The third kappa shape index (κ3) is 5.59. The van der Waals surface area contributed by atoms with Gasteiger partial charge in [0.2, 0.25) is 0 Å². The van der Waals surface area contributed by atoms with Crippen molar-refractivity contribution in [1.29, 1.82) is 0 Å². The van der Waals surface area contributed by atoms with Crippen molar-refractivity contribution in [2.45, 2.75) is 25.2 Å². The van der Waals surface area contributed by atoms with Gasteiger partial charge in [-0.1, -0.05) is 41.9 Å². The summed E-state index contributed by atoms with van der Waals surface area (Å²) in [7, 11) is 0. The third-order valence-electron chi connectivity index (χ3n) is 3.66. The van der Waals surface area contributed by atoms with E-state index < -0.39 is 29.9 Å². The number of carbonyl (C=O) groups is 1. The Morgan fingerprint density at radius 2 is 1.92 bits per heavy atom. The van der Waals surface area contributed by atoms with Gasteiger partial charge in [0, 0.05) is 17.1 Å². The van der Waals surface area contributed by atoms with Crippen molar-refractivity contribution >= 4 is 17.7 Å². The number of amides is 1. The molecule has 0 aliphatic heterocycles. The predicted molar refractivity (Wildman–Crippen MR) is 93.3 cm³/mol. The van der Waals surface area contributed by atoms with E-state index in [0.29, 0.717) is 0 Å². The number of aliphatic hydroxyl groups is 2. The molecule has 0 saturated heterocycles. The largest absolute Gasteiger partial charge is 0.505 e. The minimum atomic E-state index is -1.56. The summed E-state index contributed by atoms with van der Waals surface area (Å²) in [5, 5.41) is 32.1. The molecule has 26 heavy (non-hydrogen) atoms. The van der Waals surface area contributed by atoms with Gasteiger partial charge in [-0.2, -0.15) is 0 Å². The van der Waals surface area contributed by atoms with Crippen LogP contribution in [0.15, 0.2) is 42.5 Å². The van der Waals surface area contributed by atoms with Gasteiger partial charge >= 0.3 is 6.09 Å². The molecule has 0 heterocycles. The Morgan fingerprint density at radius 1 is 1.23 bits per heavy atom. The van der Waals surface area contributed by atoms with Gasteiger partial charge in [-0.15, -0.1) is 0 Å². The van der Waals surface area contributed by atoms with E-state index in [0.717, 1.165) is 17.7 Å². The van der Waals surface area contributed by atoms with Crippen molar-refractivity contribution in [2.24, 2.45) is 0 Å². The first-order valence-electron chi connectivity index (χ1n) is 7.87. The summed E-state index contributed by atoms with van der Waals surface area (Å²) in [6, 6.07) is 11.2. The van der Waals surface area contributed by atoms with E-state index in [2.05, 4.69) is 5.32 Å². The van der Waals surface area contributed by atoms with Crippen molar-refractivity contribution in [3.63, 3.8) is 0 Å². The Balaban J connectivity index is 1.79. The van der Waals surface area contributed by atoms with Crippen LogP contribution >= 0.6 is 11.6 Å². The summed E-state index contributed by atoms with van der Waals surface area (Å²) in [5.41, 5.74) is 0.603. The monoisotopic (exact) mass is 383 g/mol. The zero-order valence-corrected chi connectivity index (χ0v) is 14.5. The molecular formula is C18H19ClFNO5. The van der Waals surface area contributed by atoms with E-state index in [4.69, 9.17) is 16.3 Å². The Labute approximate surface area is 154 Å². The number of hydrogen-bond acceptors (Lipinski definition) is 5. The van der Waals surface area contributed by atoms with Crippen LogP contribution < -0.4 is 5.32 Å². The second-order valence-corrected chi connectivity index (χ2v) is 6.05. The molecule has 140 valence electrons. The number of nitrogens with one attached hydrogen (secondary N) is 1. The Kier molecular flexibility index (Phi) is 7.20. The maximum absolute atomic E-state index is 13.4. The minimum absolute atomic E-state index is 0.00958. The number of hydrogen-bond donors (Lipinski definition) is 4. The summed E-state index contributed by atoms with van der Waals surface area (Å²) >= 11 is 5.68. The van der Waals surface area contributed by atoms with E-state index in [1.807, 2.05) is 30.3 Å². The number of phenols is 1. The standard InChI is InChI=1S/C18H19ClFNO5/c19-12-8-13(16(23)14(20)9-12)17(24)15(22)6-7-21-18(25)26-10-11-4-2-1-3-5-11/h1-5,8-9,15,17,22-24H,6-7,10H2,(H,21,25). The molecule has 2 aromatic carbocycles. The molecule has 2 aromatic rings. The van der Waals surface area contributed by atoms with Crippen LogP contribution in [0.25, 0.3) is 0 Å². The lowest BCUT2D eigenvalue weighted by molar-refractivity contribution is 0.0121. The summed E-state index contributed by atoms with van der Waals surface area (Å²) in [5.74, 6) is -1.78. The Morgan fingerprint density at radius 3 is 2.62 bits per heavy atom. The fraction of sp³-hybridized carbons (Fsp3) is 0.278. The molecule has 0 radical (unpaired) electrons. The first-order chi connectivity index (χ1) is 12.4. The second-order valence-electron chi connectivity index (χ2n) is 5.61. The zero-order chi connectivity index (χ0) is 19.1. The molecule has 0 spiro atoms. The summed E-state index contributed by atoms with van der Waals surface area (Å²) in [6.07, 6.45) is -3.64. The van der Waals surface area contributed by atoms with Crippen molar-refractivity contribution in [3.05, 3.63) is 64.4 Å². The topological polar surface area (TPSA) is 99.0 Å². The molecule has 0 fully saturated rings. The quantitative estimate of drug-likeness (QED) is 0.589. The summed E-state index contributed by atoms with van der Waals surface area (Å²) < 4.78 is 18.5. The number of aromatic hydroxyl groups is 1. The predicted octanol–water partition coefficient (Wildman–Crippen LogP) is 2.90. The number of alkyl carbamates (subject to hydrolysis) is 1. The normalized spacial score (nSPS) is 13.1. The van der Waals surface area contributed by atoms with E-state index in [-0.39, 0.29) is 30.2 Å². The van der Waals surface area contributed by atoms with Crippen LogP contribution in [0, 0.1) is 5.82 Å². The first-order valence-corrected chi connectivity index (χ1v) is 8.25. The van der Waals surface area contributed by atoms with Crippen LogP contribution in [-0.2, 0) is 11.3 Å². The zero-order valence-electron chi connectivity index (χ0n) is 13.7. The molecule has 2 rings (SSSR count). The lowest BCUT2D eigenvalue weighted by Crippen LogP contribution is -2.29. The molecule has 0 aliphatic carbocycles. The van der Waals surface area contributed by atoms with Crippen molar-refractivity contribution in [1.82, 2.24) is 5.32 Å². The van der Waals surface area contributed by atoms with Gasteiger partial charge in [0.25, 0.3) is 0 Å². The van der Waals surface area contributed by atoms with Gasteiger partial charge in [0.1, 0.15) is 12.7 Å². The van der Waals surface area contributed by atoms with Gasteiger partial charge in [0.05, 0.1) is 6.10 Å². The van der Waals surface area contributed by atoms with Crippen LogP contribution in [0.3, 0.4) is 0 Å². The lowest BCUT2D eigenvalue weighted by atomic mass is 10.0. The molecular weight excluding hydrogens is 365 g/mol. The van der Waals surface area contributed by atoms with E-state index in [1.165, 1.54) is 0 Å². The molecule has 6 nitrogen and oxygen atoms in total. The number of aliphatic hydroxyl groups excluding tert-OH is 2. The number of halogens is 2. The molecule has 0 aromatic heterocycles. The van der Waals surface area contributed by atoms with Gasteiger partial charge in [-0.3, -0.25) is 0 Å². The van der Waals surface area contributed by atoms with Crippen molar-refractivity contribution in [3.8, 4) is 5.75 Å². The Hall–Kier alpha value is -2.35. The minimum Gasteiger partial charge on any atom is -0.505 e. The van der Waals surface area contributed by atoms with Crippen LogP contribution in [-0.4, -0.2) is 34.1 Å². The molecule has 4 N–H and O–H groups in total. The van der Waals surface area contributed by atoms with Gasteiger partial charge in [-0.25, -0.2) is 9.18 Å². The van der Waals surface area contributed by atoms with Gasteiger partial charge in [-0.05, 0) is 24.1 Å². The van der Waals surface area contributed by atoms with Crippen LogP contribution in [0.1, 0.15) is 23.7 Å². The number of rotatable bonds is 7. The number of ether oxygens (including phenoxy) is 1. The van der Waals surface area contributed by atoms with E-state index in [9.17, 15) is 24.5 Å². The number of phenolic OH excluding ortho intramolecular Hbond substituents is 1. The highest BCUT2D eigenvalue weighted by Crippen LogP contribution is 2.32. The van der Waals surface area contributed by atoms with Crippen LogP contribution in [0.2, 0.25) is 5.02 Å². The van der Waals surface area contributed by atoms with Gasteiger partial charge < -0.3 is 25.4 Å². The number of benzene rings is 2. The van der Waals surface area contributed by atoms with Crippen LogP contribution in [0.5, 0.6) is 5.75 Å². The highest BCUT2D eigenvalue weighted by Gasteiger charge is 2.23. The fourth-order valence-corrected chi connectivity index (χ4v) is 2.49. The summed E-state index contributed by atoms with van der Waals surface area (Å²) in [6.45, 7) is 0.114. The van der Waals surface area contributed by atoms with Crippen molar-refractivity contribution in [2.75, 3.05) is 6.54 Å². The SMILES string of the molecule is O=C(NCCC(O)C(O)c1cc(Cl)cc(F)c1O)OCc1ccccc1. The highest BCUT2D eigenvalue weighted by molar-refractivity contribution is 6.30. The maximum Gasteiger partial charge on any atom is 0.407 e. The molecule has 0 saturated carbocycles. The average Bonchev–Trinajstić information content (AvgIpc) is 2.63. The highest BCUT2D eigenvalue weighted by atomic mass is 35.5. The van der Waals surface area contributed by atoms with Gasteiger partial charge in [0.15, 0.2) is 11.6 Å². The summed E-state index contributed by atoms with van der Waals surface area (Å²) in [4.78, 5) is 11.6. The molecule has 2 unspecified atom stereocenters. The molecule has 0 aliphatic rings. The lowest BCUT2D eigenvalue weighted by Gasteiger charge is -2.19. The Bertz CT molecular complexity index is 744. The van der Waals surface area contributed by atoms with Crippen molar-refractivity contribution < 1.29 is 29.2 Å². The van der Waals surface area contributed by atoms with Crippen LogP contribution in [0.4, 0.5) is 9.18 Å². The molecule has 2 atom stereocenters. The van der Waals surface area contributed by atoms with E-state index >= 15 is 0 Å². The van der Waals surface area contributed by atoms with E-state index in [1.54, 1.807) is 0 Å². The first kappa shape index (κ1) is 20.0. The second kappa shape index (κ2) is 9.38. The smallest absolute Gasteiger partial charge is 0.407 e. The fourth-order valence-electron chi connectivity index (χ4n) is 2.27.